The Balaban J connectivity index is 1.41. The van der Waals surface area contributed by atoms with Crippen LogP contribution in [0.1, 0.15) is 36.0 Å². The van der Waals surface area contributed by atoms with Crippen LogP contribution < -0.4 is 5.32 Å². The Morgan fingerprint density at radius 3 is 2.56 bits per heavy atom. The second-order valence-electron chi connectivity index (χ2n) is 7.28. The Hall–Kier alpha value is -2.21. The third-order valence-electron chi connectivity index (χ3n) is 5.46. The highest BCUT2D eigenvalue weighted by Crippen LogP contribution is 2.33. The molecule has 0 unspecified atom stereocenters. The monoisotopic (exact) mass is 340 g/mol. The molecule has 2 fully saturated rings. The summed E-state index contributed by atoms with van der Waals surface area (Å²) in [5.74, 6) is 1.98. The molecule has 1 aromatic heterocycles. The number of carbonyl (C=O) groups is 1. The first-order valence-electron chi connectivity index (χ1n) is 9.00. The van der Waals surface area contributed by atoms with Gasteiger partial charge in [-0.05, 0) is 24.8 Å². The molecule has 0 atom stereocenters. The van der Waals surface area contributed by atoms with Crippen molar-refractivity contribution in [3.63, 3.8) is 0 Å². The lowest BCUT2D eigenvalue weighted by Crippen LogP contribution is -2.63. The molecular formula is C19H24N4O2. The Morgan fingerprint density at radius 2 is 2.00 bits per heavy atom. The van der Waals surface area contributed by atoms with Crippen LogP contribution in [0, 0.1) is 12.3 Å². The zero-order chi connectivity index (χ0) is 17.3. The lowest BCUT2D eigenvalue weighted by atomic mass is 9.74. The maximum atomic E-state index is 13.2. The molecule has 0 bridgehead atoms. The topological polar surface area (TPSA) is 71.3 Å². The van der Waals surface area contributed by atoms with Gasteiger partial charge in [0.05, 0.1) is 5.41 Å². The standard InChI is InChI=1S/C19H24N4O2/c1-14-21-17(22-25-14)16-7-9-23(10-8-16)18(24)19(12-20-13-19)11-15-5-3-2-4-6-15/h2-6,16,20H,7-13H2,1H3. The van der Waals surface area contributed by atoms with Gasteiger partial charge in [-0.1, -0.05) is 35.5 Å². The molecule has 2 aromatic rings. The van der Waals surface area contributed by atoms with Crippen LogP contribution in [0.2, 0.25) is 0 Å². The van der Waals surface area contributed by atoms with Gasteiger partial charge in [-0.3, -0.25) is 4.79 Å². The van der Waals surface area contributed by atoms with E-state index >= 15 is 0 Å². The van der Waals surface area contributed by atoms with Crippen molar-refractivity contribution in [1.82, 2.24) is 20.4 Å². The van der Waals surface area contributed by atoms with Crippen LogP contribution in [0.25, 0.3) is 0 Å². The third-order valence-corrected chi connectivity index (χ3v) is 5.46. The van der Waals surface area contributed by atoms with Crippen molar-refractivity contribution < 1.29 is 9.32 Å². The normalized spacial score (nSPS) is 20.3. The molecule has 2 saturated heterocycles. The molecule has 6 heteroatoms. The Morgan fingerprint density at radius 1 is 1.28 bits per heavy atom. The Kier molecular flexibility index (Phi) is 4.29. The fraction of sp³-hybridized carbons (Fsp3) is 0.526. The predicted molar refractivity (Wildman–Crippen MR) is 93.0 cm³/mol. The van der Waals surface area contributed by atoms with Crippen LogP contribution in [0.15, 0.2) is 34.9 Å². The summed E-state index contributed by atoms with van der Waals surface area (Å²) in [6, 6.07) is 10.3. The van der Waals surface area contributed by atoms with E-state index in [1.165, 1.54) is 5.56 Å². The minimum atomic E-state index is -0.281. The highest BCUT2D eigenvalue weighted by molar-refractivity contribution is 5.85. The van der Waals surface area contributed by atoms with Crippen molar-refractivity contribution in [2.24, 2.45) is 5.41 Å². The second-order valence-corrected chi connectivity index (χ2v) is 7.28. The van der Waals surface area contributed by atoms with Gasteiger partial charge in [-0.2, -0.15) is 4.98 Å². The molecule has 1 N–H and O–H groups in total. The molecule has 0 aliphatic carbocycles. The average molecular weight is 340 g/mol. The van der Waals surface area contributed by atoms with E-state index in [-0.39, 0.29) is 11.3 Å². The SMILES string of the molecule is Cc1nc(C2CCN(C(=O)C3(Cc4ccccc4)CNC3)CC2)no1. The summed E-state index contributed by atoms with van der Waals surface area (Å²) >= 11 is 0. The summed E-state index contributed by atoms with van der Waals surface area (Å²) in [7, 11) is 0. The van der Waals surface area contributed by atoms with E-state index < -0.39 is 0 Å². The molecule has 132 valence electrons. The van der Waals surface area contributed by atoms with Crippen molar-refractivity contribution in [2.45, 2.75) is 32.1 Å². The van der Waals surface area contributed by atoms with Gasteiger partial charge in [0.1, 0.15) is 0 Å². The van der Waals surface area contributed by atoms with E-state index in [9.17, 15) is 4.79 Å². The minimum Gasteiger partial charge on any atom is -0.342 e. The summed E-state index contributed by atoms with van der Waals surface area (Å²) in [6.07, 6.45) is 2.61. The van der Waals surface area contributed by atoms with Crippen molar-refractivity contribution >= 4 is 5.91 Å². The molecule has 6 nitrogen and oxygen atoms in total. The molecule has 1 amide bonds. The number of nitrogens with zero attached hydrogens (tertiary/aromatic N) is 3. The lowest BCUT2D eigenvalue weighted by molar-refractivity contribution is -0.146. The number of aromatic nitrogens is 2. The minimum absolute atomic E-state index is 0.281. The van der Waals surface area contributed by atoms with Crippen LogP contribution in [-0.4, -0.2) is 47.1 Å². The number of benzene rings is 1. The fourth-order valence-corrected chi connectivity index (χ4v) is 3.92. The summed E-state index contributed by atoms with van der Waals surface area (Å²) in [5.41, 5.74) is 0.950. The first-order valence-corrected chi connectivity index (χ1v) is 9.00. The number of hydrogen-bond acceptors (Lipinski definition) is 5. The number of amides is 1. The predicted octanol–water partition coefficient (Wildman–Crippen LogP) is 1.92. The van der Waals surface area contributed by atoms with Crippen LogP contribution in [0.5, 0.6) is 0 Å². The molecule has 4 rings (SSSR count). The highest BCUT2D eigenvalue weighted by Gasteiger charge is 2.47. The number of hydrogen-bond donors (Lipinski definition) is 1. The van der Waals surface area contributed by atoms with Crippen molar-refractivity contribution in [2.75, 3.05) is 26.2 Å². The van der Waals surface area contributed by atoms with Gasteiger partial charge in [0.25, 0.3) is 0 Å². The number of aryl methyl sites for hydroxylation is 1. The third kappa shape index (κ3) is 3.18. The smallest absolute Gasteiger partial charge is 0.231 e. The van der Waals surface area contributed by atoms with E-state index in [2.05, 4.69) is 27.6 Å². The maximum Gasteiger partial charge on any atom is 0.231 e. The zero-order valence-corrected chi connectivity index (χ0v) is 14.6. The molecule has 0 spiro atoms. The fourth-order valence-electron chi connectivity index (χ4n) is 3.92. The summed E-state index contributed by atoms with van der Waals surface area (Å²) in [5, 5.41) is 7.34. The van der Waals surface area contributed by atoms with Crippen molar-refractivity contribution in [3.8, 4) is 0 Å². The molecule has 25 heavy (non-hydrogen) atoms. The van der Waals surface area contributed by atoms with Crippen LogP contribution >= 0.6 is 0 Å². The van der Waals surface area contributed by atoms with E-state index in [1.807, 2.05) is 30.0 Å². The molecule has 2 aliphatic rings. The Labute approximate surface area is 147 Å². The maximum absolute atomic E-state index is 13.2. The second kappa shape index (κ2) is 6.59. The molecule has 2 aliphatic heterocycles. The average Bonchev–Trinajstić information content (AvgIpc) is 3.05. The van der Waals surface area contributed by atoms with Gasteiger partial charge in [0.15, 0.2) is 5.82 Å². The van der Waals surface area contributed by atoms with Crippen molar-refractivity contribution in [1.29, 1.82) is 0 Å². The van der Waals surface area contributed by atoms with Crippen molar-refractivity contribution in [3.05, 3.63) is 47.6 Å². The summed E-state index contributed by atoms with van der Waals surface area (Å²) in [6.45, 7) is 4.89. The van der Waals surface area contributed by atoms with Gasteiger partial charge in [-0.25, -0.2) is 0 Å². The van der Waals surface area contributed by atoms with E-state index in [1.54, 1.807) is 0 Å². The summed E-state index contributed by atoms with van der Waals surface area (Å²) in [4.78, 5) is 19.6. The number of carbonyl (C=O) groups excluding carboxylic acids is 1. The highest BCUT2D eigenvalue weighted by atomic mass is 16.5. The molecular weight excluding hydrogens is 316 g/mol. The lowest BCUT2D eigenvalue weighted by Gasteiger charge is -2.45. The molecule has 1 aromatic carbocycles. The largest absolute Gasteiger partial charge is 0.342 e. The van der Waals surface area contributed by atoms with Gasteiger partial charge < -0.3 is 14.7 Å². The van der Waals surface area contributed by atoms with Crippen LogP contribution in [0.3, 0.4) is 0 Å². The first kappa shape index (κ1) is 16.3. The quantitative estimate of drug-likeness (QED) is 0.921. The van der Waals surface area contributed by atoms with Gasteiger partial charge in [-0.15, -0.1) is 0 Å². The number of rotatable bonds is 4. The zero-order valence-electron chi connectivity index (χ0n) is 14.6. The Bertz CT molecular complexity index is 731. The molecule has 0 saturated carbocycles. The van der Waals surface area contributed by atoms with Gasteiger partial charge in [0, 0.05) is 39.0 Å². The van der Waals surface area contributed by atoms with Gasteiger partial charge in [0.2, 0.25) is 11.8 Å². The van der Waals surface area contributed by atoms with E-state index in [4.69, 9.17) is 4.52 Å². The number of piperidine rings is 1. The first-order chi connectivity index (χ1) is 12.2. The number of nitrogens with one attached hydrogen (secondary N) is 1. The van der Waals surface area contributed by atoms with Crippen LogP contribution in [-0.2, 0) is 11.2 Å². The van der Waals surface area contributed by atoms with Gasteiger partial charge >= 0.3 is 0 Å². The molecule has 3 heterocycles. The number of likely N-dealkylation sites (tertiary alicyclic amines) is 1. The molecule has 0 radical (unpaired) electrons. The van der Waals surface area contributed by atoms with E-state index in [0.29, 0.717) is 11.8 Å². The summed E-state index contributed by atoms with van der Waals surface area (Å²) < 4.78 is 5.09. The van der Waals surface area contributed by atoms with E-state index in [0.717, 1.165) is 51.3 Å². The van der Waals surface area contributed by atoms with Crippen LogP contribution in [0.4, 0.5) is 0 Å².